The van der Waals surface area contributed by atoms with Crippen LogP contribution in [0.2, 0.25) is 0 Å². The van der Waals surface area contributed by atoms with Crippen molar-refractivity contribution in [2.75, 3.05) is 0 Å². The largest absolute Gasteiger partial charge is 0.348 e. The molecule has 0 heterocycles. The first-order chi connectivity index (χ1) is 4.54. The van der Waals surface area contributed by atoms with Crippen molar-refractivity contribution < 1.29 is 39.9 Å². The van der Waals surface area contributed by atoms with Crippen molar-refractivity contribution in [1.82, 2.24) is 0 Å². The Labute approximate surface area is 89.3 Å². The van der Waals surface area contributed by atoms with Crippen molar-refractivity contribution in [2.24, 2.45) is 0 Å². The molecule has 0 aromatic heterocycles. The molecule has 0 rings (SSSR count). The van der Waals surface area contributed by atoms with Gasteiger partial charge in [-0.15, -0.1) is 0 Å². The van der Waals surface area contributed by atoms with Gasteiger partial charge < -0.3 is 8.58 Å². The number of rotatable bonds is 0. The summed E-state index contributed by atoms with van der Waals surface area (Å²) in [5, 5.41) is 0. The van der Waals surface area contributed by atoms with Gasteiger partial charge in [0, 0.05) is 35.6 Å². The molecule has 0 atom stereocenters. The molecule has 0 unspecified atom stereocenters. The summed E-state index contributed by atoms with van der Waals surface area (Å²) in [6, 6.07) is 0. The van der Waals surface area contributed by atoms with Gasteiger partial charge in [-0.05, 0) is 0 Å². The molecule has 0 amide bonds. The van der Waals surface area contributed by atoms with E-state index in [2.05, 4.69) is 32.3 Å². The van der Waals surface area contributed by atoms with Crippen LogP contribution in [0.3, 0.4) is 0 Å². The predicted octanol–water partition coefficient (Wildman–Crippen LogP) is 1.40. The Morgan fingerprint density at radius 3 is 1.09 bits per heavy atom. The van der Waals surface area contributed by atoms with Crippen LogP contribution in [-0.4, -0.2) is 11.9 Å². The Kier molecular flexibility index (Phi) is 20.3. The SMILES string of the molecule is CC(=O)OCl.CC(=O)OCl.[Ti]. The van der Waals surface area contributed by atoms with E-state index in [0.29, 0.717) is 0 Å². The average Bonchev–Trinajstić information content (AvgIpc) is 1.89. The van der Waals surface area contributed by atoms with Crippen LogP contribution in [0.15, 0.2) is 0 Å². The van der Waals surface area contributed by atoms with E-state index in [1.54, 1.807) is 0 Å². The number of hydrogen-bond acceptors (Lipinski definition) is 4. The van der Waals surface area contributed by atoms with Crippen LogP contribution in [0.4, 0.5) is 0 Å². The smallest absolute Gasteiger partial charge is 0.321 e. The molecule has 0 N–H and O–H groups in total. The summed E-state index contributed by atoms with van der Waals surface area (Å²) in [6.07, 6.45) is 0. The minimum atomic E-state index is -0.480. The Morgan fingerprint density at radius 2 is 1.09 bits per heavy atom. The summed E-state index contributed by atoms with van der Waals surface area (Å²) in [6.45, 7) is 2.46. The summed E-state index contributed by atoms with van der Waals surface area (Å²) in [5.74, 6) is -0.960. The Hall–Kier alpha value is 0.234. The average molecular weight is 237 g/mol. The monoisotopic (exact) mass is 236 g/mol. The molecule has 0 aliphatic heterocycles. The Balaban J connectivity index is -0.000000107. The number of halogens is 2. The summed E-state index contributed by atoms with van der Waals surface area (Å²) < 4.78 is 7.17. The van der Waals surface area contributed by atoms with Crippen LogP contribution >= 0.6 is 23.7 Å². The third kappa shape index (κ3) is 38.7. The molecule has 0 fully saturated rings. The molecule has 0 saturated carbocycles. The van der Waals surface area contributed by atoms with Crippen LogP contribution in [-0.2, 0) is 39.9 Å². The van der Waals surface area contributed by atoms with Crippen molar-refractivity contribution in [3.63, 3.8) is 0 Å². The molecule has 64 valence electrons. The van der Waals surface area contributed by atoms with Gasteiger partial charge in [-0.2, -0.15) is 0 Å². The molecule has 0 saturated heterocycles. The number of carbonyl (C=O) groups excluding carboxylic acids is 2. The van der Waals surface area contributed by atoms with E-state index in [9.17, 15) is 9.59 Å². The molecule has 0 aromatic rings. The van der Waals surface area contributed by atoms with Crippen LogP contribution in [0.5, 0.6) is 0 Å². The van der Waals surface area contributed by atoms with Crippen LogP contribution in [0, 0.1) is 0 Å². The maximum Gasteiger partial charge on any atom is 0.321 e. The molecule has 0 aliphatic carbocycles. The fourth-order valence-electron chi connectivity index (χ4n) is 0. The standard InChI is InChI=1S/2C2H3ClO2.Ti/c2*1-2(4)5-3;/h2*1H3;. The van der Waals surface area contributed by atoms with E-state index in [0.717, 1.165) is 0 Å². The molecule has 11 heavy (non-hydrogen) atoms. The van der Waals surface area contributed by atoms with Crippen LogP contribution in [0.25, 0.3) is 0 Å². The Bertz CT molecular complexity index is 105. The van der Waals surface area contributed by atoms with Crippen LogP contribution < -0.4 is 0 Å². The summed E-state index contributed by atoms with van der Waals surface area (Å²) in [4.78, 5) is 18.9. The van der Waals surface area contributed by atoms with Gasteiger partial charge in [0.2, 0.25) is 0 Å². The van der Waals surface area contributed by atoms with Gasteiger partial charge in [0.15, 0.2) is 0 Å². The number of hydrogen-bond donors (Lipinski definition) is 0. The van der Waals surface area contributed by atoms with Crippen molar-refractivity contribution in [3.8, 4) is 0 Å². The van der Waals surface area contributed by atoms with E-state index < -0.39 is 11.9 Å². The molecule has 4 nitrogen and oxygen atoms in total. The minimum absolute atomic E-state index is 0. The zero-order valence-corrected chi connectivity index (χ0v) is 8.96. The first-order valence-corrected chi connectivity index (χ1v) is 2.74. The van der Waals surface area contributed by atoms with Crippen molar-refractivity contribution in [2.45, 2.75) is 13.8 Å². The normalized spacial score (nSPS) is 6.18. The molecule has 0 aliphatic rings. The van der Waals surface area contributed by atoms with Gasteiger partial charge in [0.05, 0.1) is 0 Å². The van der Waals surface area contributed by atoms with Crippen molar-refractivity contribution >= 4 is 35.7 Å². The Morgan fingerprint density at radius 1 is 1.00 bits per heavy atom. The molecular weight excluding hydrogens is 231 g/mol. The van der Waals surface area contributed by atoms with Crippen molar-refractivity contribution in [1.29, 1.82) is 0 Å². The van der Waals surface area contributed by atoms with Gasteiger partial charge in [-0.1, -0.05) is 0 Å². The van der Waals surface area contributed by atoms with Gasteiger partial charge in [-0.3, -0.25) is 9.59 Å². The second-order valence-electron chi connectivity index (χ2n) is 1.14. The van der Waals surface area contributed by atoms with Crippen molar-refractivity contribution in [3.05, 3.63) is 0 Å². The second-order valence-corrected chi connectivity index (χ2v) is 1.45. The van der Waals surface area contributed by atoms with Gasteiger partial charge >= 0.3 is 11.9 Å². The summed E-state index contributed by atoms with van der Waals surface area (Å²) in [7, 11) is 0. The molecular formula is C4H6Cl2O4Ti. The summed E-state index contributed by atoms with van der Waals surface area (Å²) >= 11 is 8.97. The van der Waals surface area contributed by atoms with E-state index in [4.69, 9.17) is 0 Å². The molecule has 0 aromatic carbocycles. The molecule has 0 spiro atoms. The third-order valence-corrected chi connectivity index (χ3v) is 0.652. The van der Waals surface area contributed by atoms with E-state index >= 15 is 0 Å². The topological polar surface area (TPSA) is 52.6 Å². The summed E-state index contributed by atoms with van der Waals surface area (Å²) in [5.41, 5.74) is 0. The number of carbonyl (C=O) groups is 2. The third-order valence-electron chi connectivity index (χ3n) is 0.217. The van der Waals surface area contributed by atoms with E-state index in [-0.39, 0.29) is 21.7 Å². The fourth-order valence-corrected chi connectivity index (χ4v) is 0. The zero-order chi connectivity index (χ0) is 8.57. The quantitative estimate of drug-likeness (QED) is 0.597. The first kappa shape index (κ1) is 17.4. The molecule has 0 radical (unpaired) electrons. The first-order valence-electron chi connectivity index (χ1n) is 2.13. The molecule has 0 bridgehead atoms. The zero-order valence-electron chi connectivity index (χ0n) is 5.89. The van der Waals surface area contributed by atoms with Gasteiger partial charge in [-0.25, -0.2) is 0 Å². The molecule has 7 heteroatoms. The fraction of sp³-hybridized carbons (Fsp3) is 0.500. The van der Waals surface area contributed by atoms with E-state index in [1.807, 2.05) is 0 Å². The van der Waals surface area contributed by atoms with E-state index in [1.165, 1.54) is 13.8 Å². The van der Waals surface area contributed by atoms with Gasteiger partial charge in [0.1, 0.15) is 23.7 Å². The maximum atomic E-state index is 9.46. The van der Waals surface area contributed by atoms with Gasteiger partial charge in [0.25, 0.3) is 0 Å². The maximum absolute atomic E-state index is 9.46. The second kappa shape index (κ2) is 12.9. The minimum Gasteiger partial charge on any atom is -0.348 e. The van der Waals surface area contributed by atoms with Crippen LogP contribution in [0.1, 0.15) is 13.8 Å². The predicted molar refractivity (Wildman–Crippen MR) is 35.2 cm³/mol.